The normalized spacial score (nSPS) is 23.5. The largest absolute Gasteiger partial charge is 0.339 e. The first kappa shape index (κ1) is 18.3. The van der Waals surface area contributed by atoms with Crippen LogP contribution in [-0.4, -0.2) is 51.9 Å². The molecular formula is C21H30N4O2. The van der Waals surface area contributed by atoms with Crippen molar-refractivity contribution < 1.29 is 9.59 Å². The number of urea groups is 1. The van der Waals surface area contributed by atoms with Crippen LogP contribution in [0, 0.1) is 5.92 Å². The molecule has 2 saturated carbocycles. The number of pyridine rings is 1. The molecule has 3 fully saturated rings. The molecule has 1 N–H and O–H groups in total. The molecule has 1 atom stereocenters. The molecule has 1 aromatic heterocycles. The second-order valence-corrected chi connectivity index (χ2v) is 8.31. The third kappa shape index (κ3) is 4.60. The van der Waals surface area contributed by atoms with Crippen LogP contribution in [0.3, 0.4) is 0 Å². The van der Waals surface area contributed by atoms with E-state index in [1.165, 1.54) is 19.3 Å². The minimum absolute atomic E-state index is 0.00285. The number of carbonyl (C=O) groups excluding carboxylic acids is 2. The highest BCUT2D eigenvalue weighted by atomic mass is 16.2. The zero-order chi connectivity index (χ0) is 18.6. The Balaban J connectivity index is 1.35. The molecule has 27 heavy (non-hydrogen) atoms. The van der Waals surface area contributed by atoms with Gasteiger partial charge in [-0.15, -0.1) is 0 Å². The Labute approximate surface area is 161 Å². The second kappa shape index (κ2) is 8.28. The molecular weight excluding hydrogens is 340 g/mol. The topological polar surface area (TPSA) is 65.5 Å². The summed E-state index contributed by atoms with van der Waals surface area (Å²) in [6, 6.07) is 4.72. The fraction of sp³-hybridized carbons (Fsp3) is 0.667. The number of aromatic nitrogens is 1. The van der Waals surface area contributed by atoms with Crippen LogP contribution in [0.5, 0.6) is 0 Å². The minimum Gasteiger partial charge on any atom is -0.339 e. The van der Waals surface area contributed by atoms with Gasteiger partial charge < -0.3 is 15.1 Å². The summed E-state index contributed by atoms with van der Waals surface area (Å²) in [4.78, 5) is 33.3. The van der Waals surface area contributed by atoms with Crippen molar-refractivity contribution in [3.05, 3.63) is 30.1 Å². The summed E-state index contributed by atoms with van der Waals surface area (Å²) >= 11 is 0. The lowest BCUT2D eigenvalue weighted by atomic mass is 9.94. The van der Waals surface area contributed by atoms with Crippen molar-refractivity contribution in [3.63, 3.8) is 0 Å². The van der Waals surface area contributed by atoms with Gasteiger partial charge in [-0.05, 0) is 37.3 Å². The highest BCUT2D eigenvalue weighted by Crippen LogP contribution is 2.32. The number of nitrogens with one attached hydrogen (secondary N) is 1. The average molecular weight is 370 g/mol. The van der Waals surface area contributed by atoms with E-state index in [9.17, 15) is 9.59 Å². The Morgan fingerprint density at radius 2 is 2.04 bits per heavy atom. The van der Waals surface area contributed by atoms with Crippen LogP contribution in [0.25, 0.3) is 0 Å². The first-order valence-corrected chi connectivity index (χ1v) is 10.4. The Hall–Kier alpha value is -2.11. The smallest absolute Gasteiger partial charge is 0.317 e. The summed E-state index contributed by atoms with van der Waals surface area (Å²) in [6.45, 7) is 1.99. The first-order chi connectivity index (χ1) is 13.2. The Morgan fingerprint density at radius 3 is 2.74 bits per heavy atom. The predicted molar refractivity (Wildman–Crippen MR) is 103 cm³/mol. The molecule has 0 radical (unpaired) electrons. The molecule has 6 nitrogen and oxygen atoms in total. The fourth-order valence-electron chi connectivity index (χ4n) is 4.47. The first-order valence-electron chi connectivity index (χ1n) is 10.4. The standard InChI is InChI=1S/C21H30N4O2/c26-20-11-17(15-24(20)19-8-9-19)13-23-21(27)25(18-6-2-1-3-7-18)14-16-5-4-10-22-12-16/h4-5,10,12,17-19H,1-3,6-9,11,13-15H2,(H,23,27)/t17-/m1/s1. The number of nitrogens with zero attached hydrogens (tertiary/aromatic N) is 3. The molecule has 1 saturated heterocycles. The molecule has 3 aliphatic rings. The number of hydrogen-bond donors (Lipinski definition) is 1. The molecule has 0 aromatic carbocycles. The van der Waals surface area contributed by atoms with Crippen LogP contribution >= 0.6 is 0 Å². The van der Waals surface area contributed by atoms with Crippen LogP contribution in [0.4, 0.5) is 4.79 Å². The number of rotatable bonds is 6. The minimum atomic E-state index is 0.00285. The summed E-state index contributed by atoms with van der Waals surface area (Å²) in [5.41, 5.74) is 1.06. The maximum Gasteiger partial charge on any atom is 0.317 e. The average Bonchev–Trinajstić information content (AvgIpc) is 3.48. The maximum absolute atomic E-state index is 13.0. The lowest BCUT2D eigenvalue weighted by Crippen LogP contribution is -2.47. The van der Waals surface area contributed by atoms with Gasteiger partial charge >= 0.3 is 6.03 Å². The molecule has 2 heterocycles. The number of likely N-dealkylation sites (tertiary alicyclic amines) is 1. The predicted octanol–water partition coefficient (Wildman–Crippen LogP) is 2.94. The van der Waals surface area contributed by atoms with E-state index in [-0.39, 0.29) is 17.9 Å². The second-order valence-electron chi connectivity index (χ2n) is 8.31. The van der Waals surface area contributed by atoms with Crippen molar-refractivity contribution in [2.45, 2.75) is 70.0 Å². The SMILES string of the molecule is O=C1C[C@H](CNC(=O)N(Cc2cccnc2)C2CCCCC2)CN1C1CC1. The van der Waals surface area contributed by atoms with E-state index in [1.54, 1.807) is 6.20 Å². The summed E-state index contributed by atoms with van der Waals surface area (Å²) in [6.07, 6.45) is 12.3. The van der Waals surface area contributed by atoms with E-state index in [0.717, 1.165) is 37.8 Å². The highest BCUT2D eigenvalue weighted by molar-refractivity contribution is 5.79. The monoisotopic (exact) mass is 370 g/mol. The van der Waals surface area contributed by atoms with Gasteiger partial charge in [-0.3, -0.25) is 9.78 Å². The Bertz CT molecular complexity index is 655. The quantitative estimate of drug-likeness (QED) is 0.837. The van der Waals surface area contributed by atoms with E-state index in [1.807, 2.05) is 28.1 Å². The lowest BCUT2D eigenvalue weighted by molar-refractivity contribution is -0.128. The molecule has 146 valence electrons. The number of hydrogen-bond acceptors (Lipinski definition) is 3. The van der Waals surface area contributed by atoms with Crippen molar-refractivity contribution in [2.24, 2.45) is 5.92 Å². The van der Waals surface area contributed by atoms with Crippen molar-refractivity contribution in [1.29, 1.82) is 0 Å². The van der Waals surface area contributed by atoms with Gasteiger partial charge in [0.05, 0.1) is 0 Å². The van der Waals surface area contributed by atoms with Crippen LogP contribution in [0.2, 0.25) is 0 Å². The molecule has 1 aliphatic heterocycles. The van der Waals surface area contributed by atoms with Gasteiger partial charge in [-0.2, -0.15) is 0 Å². The van der Waals surface area contributed by atoms with Gasteiger partial charge in [-0.25, -0.2) is 4.79 Å². The van der Waals surface area contributed by atoms with E-state index in [2.05, 4.69) is 10.3 Å². The third-order valence-electron chi connectivity index (χ3n) is 6.12. The zero-order valence-electron chi connectivity index (χ0n) is 16.0. The summed E-state index contributed by atoms with van der Waals surface area (Å²) in [5, 5.41) is 3.13. The van der Waals surface area contributed by atoms with E-state index in [0.29, 0.717) is 31.6 Å². The van der Waals surface area contributed by atoms with Crippen LogP contribution in [0.1, 0.15) is 56.9 Å². The highest BCUT2D eigenvalue weighted by Gasteiger charge is 2.39. The molecule has 0 bridgehead atoms. The number of carbonyl (C=O) groups is 2. The summed E-state index contributed by atoms with van der Waals surface area (Å²) < 4.78 is 0. The van der Waals surface area contributed by atoms with Crippen molar-refractivity contribution in [1.82, 2.24) is 20.1 Å². The van der Waals surface area contributed by atoms with Gasteiger partial charge in [0.25, 0.3) is 0 Å². The van der Waals surface area contributed by atoms with Crippen LogP contribution in [0.15, 0.2) is 24.5 Å². The molecule has 6 heteroatoms. The number of amides is 3. The Morgan fingerprint density at radius 1 is 1.22 bits per heavy atom. The fourth-order valence-corrected chi connectivity index (χ4v) is 4.47. The third-order valence-corrected chi connectivity index (χ3v) is 6.12. The van der Waals surface area contributed by atoms with Gasteiger partial charge in [0.1, 0.15) is 0 Å². The molecule has 0 unspecified atom stereocenters. The van der Waals surface area contributed by atoms with E-state index >= 15 is 0 Å². The molecule has 3 amide bonds. The Kier molecular flexibility index (Phi) is 5.60. The van der Waals surface area contributed by atoms with Crippen molar-refractivity contribution >= 4 is 11.9 Å². The molecule has 0 spiro atoms. The summed E-state index contributed by atoms with van der Waals surface area (Å²) in [7, 11) is 0. The maximum atomic E-state index is 13.0. The molecule has 2 aliphatic carbocycles. The van der Waals surface area contributed by atoms with Crippen molar-refractivity contribution in [2.75, 3.05) is 13.1 Å². The van der Waals surface area contributed by atoms with Gasteiger partial charge in [0.2, 0.25) is 5.91 Å². The van der Waals surface area contributed by atoms with Crippen LogP contribution in [-0.2, 0) is 11.3 Å². The molecule has 1 aromatic rings. The summed E-state index contributed by atoms with van der Waals surface area (Å²) in [5.74, 6) is 0.505. The van der Waals surface area contributed by atoms with Gasteiger partial charge in [-0.1, -0.05) is 25.3 Å². The molecule has 4 rings (SSSR count). The van der Waals surface area contributed by atoms with E-state index < -0.39 is 0 Å². The van der Waals surface area contributed by atoms with Gasteiger partial charge in [0, 0.05) is 56.5 Å². The zero-order valence-corrected chi connectivity index (χ0v) is 16.0. The van der Waals surface area contributed by atoms with Crippen LogP contribution < -0.4 is 5.32 Å². The lowest BCUT2D eigenvalue weighted by Gasteiger charge is -2.34. The van der Waals surface area contributed by atoms with Gasteiger partial charge in [0.15, 0.2) is 0 Å². The van der Waals surface area contributed by atoms with Crippen molar-refractivity contribution in [3.8, 4) is 0 Å². The van der Waals surface area contributed by atoms with E-state index in [4.69, 9.17) is 0 Å².